The van der Waals surface area contributed by atoms with E-state index in [2.05, 4.69) is 5.32 Å². The molecule has 0 bridgehead atoms. The smallest absolute Gasteiger partial charge is 0.220 e. The molecule has 0 radical (unpaired) electrons. The van der Waals surface area contributed by atoms with Crippen LogP contribution in [0.5, 0.6) is 0 Å². The van der Waals surface area contributed by atoms with Gasteiger partial charge < -0.3 is 11.1 Å². The monoisotopic (exact) mass is 258 g/mol. The number of benzene rings is 1. The van der Waals surface area contributed by atoms with E-state index in [-0.39, 0.29) is 17.0 Å². The summed E-state index contributed by atoms with van der Waals surface area (Å²) in [7, 11) is 0. The van der Waals surface area contributed by atoms with Gasteiger partial charge in [-0.25, -0.2) is 4.39 Å². The van der Waals surface area contributed by atoms with Crippen LogP contribution >= 0.6 is 11.6 Å². The van der Waals surface area contributed by atoms with Crippen LogP contribution in [0.15, 0.2) is 18.2 Å². The fourth-order valence-electron chi connectivity index (χ4n) is 1.30. The van der Waals surface area contributed by atoms with Crippen LogP contribution < -0.4 is 11.1 Å². The van der Waals surface area contributed by atoms with E-state index in [1.807, 2.05) is 6.92 Å². The molecule has 1 atom stereocenters. The molecule has 0 spiro atoms. The summed E-state index contributed by atoms with van der Waals surface area (Å²) in [5.41, 5.74) is 6.31. The number of nitrogens with two attached hydrogens (primary N) is 1. The molecule has 0 aliphatic rings. The van der Waals surface area contributed by atoms with E-state index < -0.39 is 5.82 Å². The average Bonchev–Trinajstić information content (AvgIpc) is 2.28. The number of hydrogen-bond acceptors (Lipinski definition) is 2. The van der Waals surface area contributed by atoms with Gasteiger partial charge >= 0.3 is 0 Å². The van der Waals surface area contributed by atoms with Crippen LogP contribution in [0.3, 0.4) is 0 Å². The Balaban J connectivity index is 2.39. The highest BCUT2D eigenvalue weighted by Gasteiger charge is 2.05. The van der Waals surface area contributed by atoms with Gasteiger partial charge in [0.25, 0.3) is 0 Å². The first-order valence-electron chi connectivity index (χ1n) is 5.45. The Labute approximate surface area is 105 Å². The van der Waals surface area contributed by atoms with Gasteiger partial charge in [0.05, 0.1) is 5.02 Å². The van der Waals surface area contributed by atoms with E-state index in [0.29, 0.717) is 19.4 Å². The number of nitrogens with one attached hydrogen (secondary N) is 1. The van der Waals surface area contributed by atoms with Crippen molar-refractivity contribution >= 4 is 17.5 Å². The molecule has 0 saturated carbocycles. The molecule has 0 aliphatic heterocycles. The number of hydrogen-bond donors (Lipinski definition) is 2. The van der Waals surface area contributed by atoms with Crippen molar-refractivity contribution in [3.05, 3.63) is 34.6 Å². The molecule has 0 fully saturated rings. The predicted octanol–water partition coefficient (Wildman–Crippen LogP) is 2.22. The minimum Gasteiger partial charge on any atom is -0.352 e. The van der Waals surface area contributed by atoms with E-state index in [1.165, 1.54) is 12.1 Å². The molecule has 1 unspecified atom stereocenters. The molecular formula is C12H16ClFN2O. The quantitative estimate of drug-likeness (QED) is 0.851. The molecule has 1 aromatic carbocycles. The van der Waals surface area contributed by atoms with Crippen LogP contribution in [0.2, 0.25) is 5.02 Å². The lowest BCUT2D eigenvalue weighted by Crippen LogP contribution is -2.25. The van der Waals surface area contributed by atoms with Crippen molar-refractivity contribution in [3.63, 3.8) is 0 Å². The summed E-state index contributed by atoms with van der Waals surface area (Å²) in [6.45, 7) is 2.20. The summed E-state index contributed by atoms with van der Waals surface area (Å²) < 4.78 is 12.9. The molecule has 0 aliphatic carbocycles. The van der Waals surface area contributed by atoms with Crippen molar-refractivity contribution < 1.29 is 9.18 Å². The summed E-state index contributed by atoms with van der Waals surface area (Å²) in [5, 5.41) is 2.79. The molecule has 5 heteroatoms. The first-order chi connectivity index (χ1) is 7.99. The summed E-state index contributed by atoms with van der Waals surface area (Å²) >= 11 is 5.63. The third kappa shape index (κ3) is 5.15. The lowest BCUT2D eigenvalue weighted by atomic mass is 10.2. The van der Waals surface area contributed by atoms with E-state index in [9.17, 15) is 9.18 Å². The molecule has 0 heterocycles. The number of rotatable bonds is 5. The second-order valence-corrected chi connectivity index (χ2v) is 4.45. The van der Waals surface area contributed by atoms with Gasteiger partial charge in [-0.3, -0.25) is 4.79 Å². The van der Waals surface area contributed by atoms with Gasteiger partial charge in [0, 0.05) is 19.0 Å². The molecule has 17 heavy (non-hydrogen) atoms. The topological polar surface area (TPSA) is 55.1 Å². The molecular weight excluding hydrogens is 243 g/mol. The van der Waals surface area contributed by atoms with Crippen molar-refractivity contribution in [1.82, 2.24) is 5.32 Å². The van der Waals surface area contributed by atoms with Crippen LogP contribution in [0.25, 0.3) is 0 Å². The second kappa shape index (κ2) is 6.57. The van der Waals surface area contributed by atoms with Crippen LogP contribution in [-0.2, 0) is 11.3 Å². The zero-order chi connectivity index (χ0) is 12.8. The Bertz CT molecular complexity index is 396. The highest BCUT2D eigenvalue weighted by molar-refractivity contribution is 6.30. The van der Waals surface area contributed by atoms with Gasteiger partial charge in [0.2, 0.25) is 5.91 Å². The van der Waals surface area contributed by atoms with Crippen LogP contribution in [0, 0.1) is 5.82 Å². The second-order valence-electron chi connectivity index (χ2n) is 4.04. The fourth-order valence-corrected chi connectivity index (χ4v) is 1.50. The fraction of sp³-hybridized carbons (Fsp3) is 0.417. The highest BCUT2D eigenvalue weighted by Crippen LogP contribution is 2.15. The normalized spacial score (nSPS) is 12.2. The maximum Gasteiger partial charge on any atom is 0.220 e. The van der Waals surface area contributed by atoms with Gasteiger partial charge in [-0.05, 0) is 31.0 Å². The Hall–Kier alpha value is -1.13. The Kier molecular flexibility index (Phi) is 5.38. The Morgan fingerprint density at radius 2 is 2.29 bits per heavy atom. The third-order valence-corrected chi connectivity index (χ3v) is 2.59. The molecule has 3 nitrogen and oxygen atoms in total. The first-order valence-corrected chi connectivity index (χ1v) is 5.83. The molecule has 1 rings (SSSR count). The van der Waals surface area contributed by atoms with Gasteiger partial charge in [0.1, 0.15) is 5.82 Å². The van der Waals surface area contributed by atoms with Crippen LogP contribution in [0.4, 0.5) is 4.39 Å². The average molecular weight is 259 g/mol. The lowest BCUT2D eigenvalue weighted by Gasteiger charge is -2.07. The lowest BCUT2D eigenvalue weighted by molar-refractivity contribution is -0.121. The number of halogens is 2. The van der Waals surface area contributed by atoms with Crippen LogP contribution in [-0.4, -0.2) is 11.9 Å². The van der Waals surface area contributed by atoms with Gasteiger partial charge in [-0.2, -0.15) is 0 Å². The molecule has 3 N–H and O–H groups in total. The van der Waals surface area contributed by atoms with Crippen molar-refractivity contribution in [2.24, 2.45) is 5.73 Å². The van der Waals surface area contributed by atoms with Gasteiger partial charge in [-0.15, -0.1) is 0 Å². The van der Waals surface area contributed by atoms with Crippen molar-refractivity contribution in [2.45, 2.75) is 32.4 Å². The number of amides is 1. The van der Waals surface area contributed by atoms with E-state index in [0.717, 1.165) is 5.56 Å². The highest BCUT2D eigenvalue weighted by atomic mass is 35.5. The predicted molar refractivity (Wildman–Crippen MR) is 66.1 cm³/mol. The summed E-state index contributed by atoms with van der Waals surface area (Å²) in [4.78, 5) is 11.4. The molecule has 1 amide bonds. The van der Waals surface area contributed by atoms with E-state index in [1.54, 1.807) is 6.07 Å². The zero-order valence-corrected chi connectivity index (χ0v) is 10.4. The molecule has 94 valence electrons. The minimum absolute atomic E-state index is 0.0148. The van der Waals surface area contributed by atoms with Crippen molar-refractivity contribution in [3.8, 4) is 0 Å². The van der Waals surface area contributed by atoms with Crippen molar-refractivity contribution in [2.75, 3.05) is 0 Å². The van der Waals surface area contributed by atoms with Gasteiger partial charge in [0.15, 0.2) is 0 Å². The van der Waals surface area contributed by atoms with E-state index >= 15 is 0 Å². The zero-order valence-electron chi connectivity index (χ0n) is 9.67. The van der Waals surface area contributed by atoms with Crippen LogP contribution in [0.1, 0.15) is 25.3 Å². The first kappa shape index (κ1) is 13.9. The minimum atomic E-state index is -0.460. The Morgan fingerprint density at radius 1 is 1.59 bits per heavy atom. The number of carbonyl (C=O) groups excluding carboxylic acids is 1. The maximum absolute atomic E-state index is 12.9. The standard InChI is InChI=1S/C12H16ClFN2O/c1-8(15)2-5-12(17)16-7-9-3-4-11(14)10(13)6-9/h3-4,6,8H,2,5,7,15H2,1H3,(H,16,17). The Morgan fingerprint density at radius 3 is 2.88 bits per heavy atom. The maximum atomic E-state index is 12.9. The van der Waals surface area contributed by atoms with Crippen molar-refractivity contribution in [1.29, 1.82) is 0 Å². The third-order valence-electron chi connectivity index (χ3n) is 2.30. The molecule has 0 aromatic heterocycles. The largest absolute Gasteiger partial charge is 0.352 e. The molecule has 0 saturated heterocycles. The summed E-state index contributed by atoms with van der Waals surface area (Å²) in [6.07, 6.45) is 1.04. The summed E-state index contributed by atoms with van der Waals surface area (Å²) in [5.74, 6) is -0.526. The van der Waals surface area contributed by atoms with Gasteiger partial charge in [-0.1, -0.05) is 17.7 Å². The van der Waals surface area contributed by atoms with E-state index in [4.69, 9.17) is 17.3 Å². The number of carbonyl (C=O) groups is 1. The molecule has 1 aromatic rings. The summed E-state index contributed by atoms with van der Waals surface area (Å²) in [6, 6.07) is 4.39. The SMILES string of the molecule is CC(N)CCC(=O)NCc1ccc(F)c(Cl)c1.